The molecule has 20 heavy (non-hydrogen) atoms. The van der Waals surface area contributed by atoms with E-state index in [4.69, 9.17) is 0 Å². The molecule has 0 spiro atoms. The van der Waals surface area contributed by atoms with Crippen LogP contribution in [0.15, 0.2) is 36.9 Å². The van der Waals surface area contributed by atoms with E-state index in [1.54, 1.807) is 12.7 Å². The third-order valence-corrected chi connectivity index (χ3v) is 3.53. The van der Waals surface area contributed by atoms with Gasteiger partial charge in [-0.25, -0.2) is 9.67 Å². The molecule has 0 aliphatic carbocycles. The highest BCUT2D eigenvalue weighted by Crippen LogP contribution is 2.19. The number of fused-ring (bicyclic) bond motifs is 1. The summed E-state index contributed by atoms with van der Waals surface area (Å²) >= 11 is 0. The number of rotatable bonds is 5. The normalized spacial score (nSPS) is 12.9. The largest absolute Gasteiger partial charge is 0.359 e. The van der Waals surface area contributed by atoms with E-state index in [2.05, 4.69) is 58.5 Å². The minimum absolute atomic E-state index is 0.296. The lowest BCUT2D eigenvalue weighted by atomic mass is 10.1. The number of H-pyrrole nitrogens is 1. The molecule has 0 aliphatic heterocycles. The summed E-state index contributed by atoms with van der Waals surface area (Å²) in [7, 11) is 0. The van der Waals surface area contributed by atoms with Gasteiger partial charge in [0, 0.05) is 29.7 Å². The summed E-state index contributed by atoms with van der Waals surface area (Å²) < 4.78 is 1.87. The molecular formula is C15H19N5. The van der Waals surface area contributed by atoms with E-state index in [9.17, 15) is 0 Å². The van der Waals surface area contributed by atoms with Gasteiger partial charge in [-0.15, -0.1) is 0 Å². The summed E-state index contributed by atoms with van der Waals surface area (Å²) in [6.45, 7) is 5.93. The third-order valence-electron chi connectivity index (χ3n) is 3.53. The smallest absolute Gasteiger partial charge is 0.137 e. The fraction of sp³-hybridized carbons (Fsp3) is 0.333. The molecule has 1 atom stereocenters. The van der Waals surface area contributed by atoms with E-state index in [0.717, 1.165) is 13.1 Å². The van der Waals surface area contributed by atoms with Crippen LogP contribution >= 0.6 is 0 Å². The van der Waals surface area contributed by atoms with Crippen LogP contribution in [0.4, 0.5) is 0 Å². The first kappa shape index (κ1) is 12.9. The highest BCUT2D eigenvalue weighted by Gasteiger charge is 2.06. The van der Waals surface area contributed by atoms with Crippen LogP contribution < -0.4 is 5.32 Å². The molecule has 2 heterocycles. The Morgan fingerprint density at radius 2 is 2.30 bits per heavy atom. The Bertz CT molecular complexity index is 683. The Balaban J connectivity index is 1.65. The molecule has 104 valence electrons. The number of hydrogen-bond donors (Lipinski definition) is 2. The van der Waals surface area contributed by atoms with Crippen molar-refractivity contribution in [2.45, 2.75) is 26.4 Å². The molecule has 1 unspecified atom stereocenters. The molecule has 0 aliphatic rings. The lowest BCUT2D eigenvalue weighted by Gasteiger charge is -2.13. The first-order valence-electron chi connectivity index (χ1n) is 6.86. The average molecular weight is 269 g/mol. The third kappa shape index (κ3) is 2.58. The molecule has 5 heteroatoms. The number of aromatic nitrogens is 4. The van der Waals surface area contributed by atoms with Crippen LogP contribution in [0.3, 0.4) is 0 Å². The maximum absolute atomic E-state index is 4.16. The van der Waals surface area contributed by atoms with E-state index >= 15 is 0 Å². The zero-order valence-corrected chi connectivity index (χ0v) is 11.8. The van der Waals surface area contributed by atoms with Crippen molar-refractivity contribution in [1.82, 2.24) is 25.1 Å². The quantitative estimate of drug-likeness (QED) is 0.748. The molecule has 3 rings (SSSR count). The lowest BCUT2D eigenvalue weighted by molar-refractivity contribution is 0.453. The van der Waals surface area contributed by atoms with Crippen LogP contribution in [-0.2, 0) is 6.54 Å². The molecule has 2 aromatic heterocycles. The zero-order chi connectivity index (χ0) is 13.9. The second-order valence-electron chi connectivity index (χ2n) is 5.19. The van der Waals surface area contributed by atoms with Crippen LogP contribution in [0.25, 0.3) is 10.9 Å². The number of aromatic amines is 1. The van der Waals surface area contributed by atoms with E-state index in [0.29, 0.717) is 6.04 Å². The van der Waals surface area contributed by atoms with Crippen molar-refractivity contribution in [2.75, 3.05) is 6.54 Å². The molecule has 0 radical (unpaired) electrons. The van der Waals surface area contributed by atoms with Crippen molar-refractivity contribution in [3.8, 4) is 0 Å². The Hall–Kier alpha value is -2.14. The highest BCUT2D eigenvalue weighted by molar-refractivity contribution is 5.83. The summed E-state index contributed by atoms with van der Waals surface area (Å²) in [6.07, 6.45) is 3.32. The Kier molecular flexibility index (Phi) is 3.52. The van der Waals surface area contributed by atoms with E-state index in [1.165, 1.54) is 22.2 Å². The summed E-state index contributed by atoms with van der Waals surface area (Å²) in [5.74, 6) is 0. The molecule has 0 fully saturated rings. The predicted octanol–water partition coefficient (Wildman–Crippen LogP) is 2.42. The van der Waals surface area contributed by atoms with Crippen molar-refractivity contribution in [3.05, 3.63) is 48.2 Å². The molecule has 1 aromatic carbocycles. The molecule has 2 N–H and O–H groups in total. The Morgan fingerprint density at radius 1 is 1.40 bits per heavy atom. The van der Waals surface area contributed by atoms with Crippen LogP contribution in [0, 0.1) is 6.92 Å². The van der Waals surface area contributed by atoms with Crippen molar-refractivity contribution in [2.24, 2.45) is 0 Å². The standard InChI is InChI=1S/C15H19N5/c1-11-6-14-13(4-3-5-15(14)19-11)8-16-7-12(2)20-10-17-9-18-20/h3-6,9-10,12,16,19H,7-8H2,1-2H3. The van der Waals surface area contributed by atoms with Gasteiger partial charge in [-0.2, -0.15) is 5.10 Å². The van der Waals surface area contributed by atoms with Gasteiger partial charge >= 0.3 is 0 Å². The van der Waals surface area contributed by atoms with Crippen LogP contribution in [0.1, 0.15) is 24.2 Å². The van der Waals surface area contributed by atoms with Crippen LogP contribution in [0.2, 0.25) is 0 Å². The maximum atomic E-state index is 4.16. The summed E-state index contributed by atoms with van der Waals surface area (Å²) in [5.41, 5.74) is 3.71. The number of benzene rings is 1. The SMILES string of the molecule is Cc1cc2c(CNCC(C)n3cncn3)cccc2[nH]1. The van der Waals surface area contributed by atoms with Gasteiger partial charge in [-0.3, -0.25) is 0 Å². The van der Waals surface area contributed by atoms with Gasteiger partial charge in [0.1, 0.15) is 12.7 Å². The summed E-state index contributed by atoms with van der Waals surface area (Å²) in [6, 6.07) is 8.88. The minimum Gasteiger partial charge on any atom is -0.359 e. The van der Waals surface area contributed by atoms with E-state index < -0.39 is 0 Å². The number of nitrogens with one attached hydrogen (secondary N) is 2. The lowest BCUT2D eigenvalue weighted by Crippen LogP contribution is -2.23. The van der Waals surface area contributed by atoms with Gasteiger partial charge in [0.2, 0.25) is 0 Å². The molecule has 0 saturated carbocycles. The summed E-state index contributed by atoms with van der Waals surface area (Å²) in [5, 5.41) is 8.94. The number of aryl methyl sites for hydroxylation is 1. The van der Waals surface area contributed by atoms with E-state index in [-0.39, 0.29) is 0 Å². The Morgan fingerprint density at radius 3 is 3.10 bits per heavy atom. The monoisotopic (exact) mass is 269 g/mol. The van der Waals surface area contributed by atoms with Crippen molar-refractivity contribution < 1.29 is 0 Å². The van der Waals surface area contributed by atoms with Crippen LogP contribution in [-0.4, -0.2) is 26.3 Å². The van der Waals surface area contributed by atoms with Crippen molar-refractivity contribution >= 4 is 10.9 Å². The number of hydrogen-bond acceptors (Lipinski definition) is 3. The first-order chi connectivity index (χ1) is 9.74. The van der Waals surface area contributed by atoms with Gasteiger partial charge in [0.25, 0.3) is 0 Å². The molecule has 0 amide bonds. The molecule has 3 aromatic rings. The van der Waals surface area contributed by atoms with E-state index in [1.807, 2.05) is 4.68 Å². The highest BCUT2D eigenvalue weighted by atomic mass is 15.3. The van der Waals surface area contributed by atoms with Crippen molar-refractivity contribution in [3.63, 3.8) is 0 Å². The fourth-order valence-electron chi connectivity index (χ4n) is 2.47. The molecule has 5 nitrogen and oxygen atoms in total. The minimum atomic E-state index is 0.296. The van der Waals surface area contributed by atoms with Gasteiger partial charge in [-0.05, 0) is 31.5 Å². The van der Waals surface area contributed by atoms with Gasteiger partial charge in [0.15, 0.2) is 0 Å². The molecule has 0 saturated heterocycles. The van der Waals surface area contributed by atoms with Gasteiger partial charge < -0.3 is 10.3 Å². The summed E-state index contributed by atoms with van der Waals surface area (Å²) in [4.78, 5) is 7.34. The first-order valence-corrected chi connectivity index (χ1v) is 6.86. The predicted molar refractivity (Wildman–Crippen MR) is 79.5 cm³/mol. The molecule has 0 bridgehead atoms. The van der Waals surface area contributed by atoms with Crippen LogP contribution in [0.5, 0.6) is 0 Å². The second kappa shape index (κ2) is 5.46. The Labute approximate surface area is 118 Å². The topological polar surface area (TPSA) is 58.5 Å². The average Bonchev–Trinajstić information content (AvgIpc) is 3.06. The second-order valence-corrected chi connectivity index (χ2v) is 5.19. The number of nitrogens with zero attached hydrogens (tertiary/aromatic N) is 3. The van der Waals surface area contributed by atoms with Gasteiger partial charge in [-0.1, -0.05) is 12.1 Å². The maximum Gasteiger partial charge on any atom is 0.137 e. The fourth-order valence-corrected chi connectivity index (χ4v) is 2.47. The zero-order valence-electron chi connectivity index (χ0n) is 11.8. The molecular weight excluding hydrogens is 250 g/mol. The van der Waals surface area contributed by atoms with Crippen molar-refractivity contribution in [1.29, 1.82) is 0 Å². The van der Waals surface area contributed by atoms with Gasteiger partial charge in [0.05, 0.1) is 6.04 Å².